The molecule has 0 spiro atoms. The minimum Gasteiger partial charge on any atom is -0.361 e. The van der Waals surface area contributed by atoms with Gasteiger partial charge in [0, 0.05) is 22.3 Å². The van der Waals surface area contributed by atoms with Crippen LogP contribution in [0.5, 0.6) is 0 Å². The van der Waals surface area contributed by atoms with Crippen LogP contribution in [0.2, 0.25) is 0 Å². The molecule has 3 aliphatic rings. The Hall–Kier alpha value is -4.52. The van der Waals surface area contributed by atoms with Crippen LogP contribution in [0.15, 0.2) is 72.8 Å². The zero-order valence-corrected chi connectivity index (χ0v) is 23.3. The fourth-order valence-electron chi connectivity index (χ4n) is 7.51. The van der Waals surface area contributed by atoms with Crippen molar-refractivity contribution in [3.63, 3.8) is 0 Å². The van der Waals surface area contributed by atoms with Crippen LogP contribution in [-0.4, -0.2) is 4.79 Å². The molecule has 0 aliphatic heterocycles. The molecule has 0 bridgehead atoms. The van der Waals surface area contributed by atoms with Crippen molar-refractivity contribution in [2.24, 2.45) is 0 Å². The number of hydrogen-bond acceptors (Lipinski definition) is 0. The first-order valence-corrected chi connectivity index (χ1v) is 13.6. The molecule has 7 rings (SSSR count). The maximum absolute atomic E-state index is 10.8. The lowest BCUT2D eigenvalue weighted by molar-refractivity contribution is -0.0626. The van der Waals surface area contributed by atoms with Gasteiger partial charge < -0.3 is 5.53 Å². The van der Waals surface area contributed by atoms with Crippen molar-refractivity contribution in [3.8, 4) is 44.5 Å². The molecule has 39 heavy (non-hydrogen) atoms. The highest BCUT2D eigenvalue weighted by atomic mass is 14.8. The standard InChI is InChI=1S/C37H30N2/c1-19-15-21(3)29(22(4)16-19)31-25-11-7-9-13-27(25)33-34-28-14-10-8-12-26(28)32(36(34)37(39-38)35(31)33)30-23(5)17-20(2)18-24(30)6/h7-18H,1-6H3. The lowest BCUT2D eigenvalue weighted by atomic mass is 9.90. The molecular weight excluding hydrogens is 472 g/mol. The van der Waals surface area contributed by atoms with Gasteiger partial charge >= 0.3 is 5.36 Å². The van der Waals surface area contributed by atoms with E-state index in [-0.39, 0.29) is 0 Å². The maximum Gasteiger partial charge on any atom is 0.332 e. The van der Waals surface area contributed by atoms with Crippen LogP contribution in [0, 0.1) is 41.5 Å². The summed E-state index contributed by atoms with van der Waals surface area (Å²) < 4.78 is 0. The van der Waals surface area contributed by atoms with Crippen LogP contribution in [0.4, 0.5) is 0 Å². The molecule has 0 atom stereocenters. The summed E-state index contributed by atoms with van der Waals surface area (Å²) in [6.45, 7) is 13.1. The van der Waals surface area contributed by atoms with Gasteiger partial charge in [-0.2, -0.15) is 4.79 Å². The summed E-state index contributed by atoms with van der Waals surface area (Å²) in [5.41, 5.74) is 27.6. The zero-order valence-electron chi connectivity index (χ0n) is 23.3. The number of aryl methyl sites for hydroxylation is 6. The molecule has 0 radical (unpaired) electrons. The highest BCUT2D eigenvalue weighted by Gasteiger charge is 2.39. The minimum atomic E-state index is 0.677. The van der Waals surface area contributed by atoms with Crippen molar-refractivity contribution in [3.05, 3.63) is 117 Å². The molecule has 3 aliphatic carbocycles. The molecule has 188 valence electrons. The van der Waals surface area contributed by atoms with Crippen LogP contribution >= 0.6 is 0 Å². The van der Waals surface area contributed by atoms with E-state index in [0.717, 1.165) is 11.1 Å². The lowest BCUT2D eigenvalue weighted by Crippen LogP contribution is -2.06. The van der Waals surface area contributed by atoms with Crippen LogP contribution in [-0.2, 0) is 0 Å². The third-order valence-corrected chi connectivity index (χ3v) is 8.61. The SMILES string of the molecule is Cc1cc(C)c(-c2c3c(=[N+]=[N-])c4c(-c5c(C)cc(C)cc5C)c5ccccc5c-4c-3c3ccccc23)c(C)c1. The number of benzene rings is 4. The second-order valence-electron chi connectivity index (χ2n) is 11.3. The van der Waals surface area contributed by atoms with E-state index in [4.69, 9.17) is 0 Å². The molecule has 2 nitrogen and oxygen atoms in total. The van der Waals surface area contributed by atoms with E-state index in [1.165, 1.54) is 88.3 Å². The summed E-state index contributed by atoms with van der Waals surface area (Å²) in [6, 6.07) is 26.4. The fraction of sp³-hybridized carbons (Fsp3) is 0.162. The van der Waals surface area contributed by atoms with Crippen LogP contribution < -0.4 is 5.36 Å². The first-order valence-electron chi connectivity index (χ1n) is 13.6. The monoisotopic (exact) mass is 502 g/mol. The van der Waals surface area contributed by atoms with Crippen LogP contribution in [0.3, 0.4) is 0 Å². The predicted octanol–water partition coefficient (Wildman–Crippen LogP) is 9.39. The predicted molar refractivity (Wildman–Crippen MR) is 163 cm³/mol. The second-order valence-corrected chi connectivity index (χ2v) is 11.3. The molecule has 2 heteroatoms. The highest BCUT2D eigenvalue weighted by Crippen LogP contribution is 2.56. The van der Waals surface area contributed by atoms with E-state index in [1.807, 2.05) is 0 Å². The largest absolute Gasteiger partial charge is 0.361 e. The van der Waals surface area contributed by atoms with Crippen molar-refractivity contribution >= 4 is 21.5 Å². The molecule has 0 saturated heterocycles. The van der Waals surface area contributed by atoms with Gasteiger partial charge in [-0.05, 0) is 96.5 Å². The summed E-state index contributed by atoms with van der Waals surface area (Å²) in [6.07, 6.45) is 0. The molecule has 4 aromatic rings. The van der Waals surface area contributed by atoms with Crippen molar-refractivity contribution < 1.29 is 4.79 Å². The molecular formula is C37H30N2. The van der Waals surface area contributed by atoms with Gasteiger partial charge in [-0.25, -0.2) is 0 Å². The summed E-state index contributed by atoms with van der Waals surface area (Å²) in [4.78, 5) is 4.10. The fourth-order valence-corrected chi connectivity index (χ4v) is 7.51. The highest BCUT2D eigenvalue weighted by molar-refractivity contribution is 6.28. The average molecular weight is 503 g/mol. The van der Waals surface area contributed by atoms with Gasteiger partial charge in [0.1, 0.15) is 0 Å². The Morgan fingerprint density at radius 3 is 0.974 bits per heavy atom. The van der Waals surface area contributed by atoms with Crippen molar-refractivity contribution in [2.45, 2.75) is 41.5 Å². The van der Waals surface area contributed by atoms with Gasteiger partial charge in [0.2, 0.25) is 0 Å². The van der Waals surface area contributed by atoms with Crippen LogP contribution in [0.25, 0.3) is 71.6 Å². The Kier molecular flexibility index (Phi) is 4.98. The van der Waals surface area contributed by atoms with Gasteiger partial charge in [0.15, 0.2) is 0 Å². The Labute approximate surface area is 229 Å². The Morgan fingerprint density at radius 2 is 0.692 bits per heavy atom. The molecule has 0 saturated carbocycles. The molecule has 4 aromatic carbocycles. The van der Waals surface area contributed by atoms with Gasteiger partial charge in [0.05, 0.1) is 11.1 Å². The number of nitrogens with zero attached hydrogens (tertiary/aromatic N) is 2. The average Bonchev–Trinajstić information content (AvgIpc) is 3.49. The molecule has 0 heterocycles. The molecule has 0 fully saturated rings. The number of hydrogen-bond donors (Lipinski definition) is 0. The van der Waals surface area contributed by atoms with Gasteiger partial charge in [-0.15, -0.1) is 0 Å². The summed E-state index contributed by atoms with van der Waals surface area (Å²) >= 11 is 0. The first kappa shape index (κ1) is 23.6. The minimum absolute atomic E-state index is 0.677. The topological polar surface area (TPSA) is 36.4 Å². The van der Waals surface area contributed by atoms with Crippen LogP contribution in [0.1, 0.15) is 33.4 Å². The number of fused-ring (bicyclic) bond motifs is 7. The molecule has 0 unspecified atom stereocenters. The summed E-state index contributed by atoms with van der Waals surface area (Å²) in [7, 11) is 0. The summed E-state index contributed by atoms with van der Waals surface area (Å²) in [5.74, 6) is 0. The Balaban J connectivity index is 1.78. The quantitative estimate of drug-likeness (QED) is 0.167. The van der Waals surface area contributed by atoms with E-state index < -0.39 is 0 Å². The molecule has 0 aromatic heterocycles. The Bertz CT molecular complexity index is 1930. The smallest absolute Gasteiger partial charge is 0.332 e. The van der Waals surface area contributed by atoms with Gasteiger partial charge in [0.25, 0.3) is 0 Å². The zero-order chi connectivity index (χ0) is 27.2. The lowest BCUT2D eigenvalue weighted by Gasteiger charge is -2.12. The van der Waals surface area contributed by atoms with E-state index >= 15 is 0 Å². The van der Waals surface area contributed by atoms with Crippen molar-refractivity contribution in [2.75, 3.05) is 0 Å². The third kappa shape index (κ3) is 3.10. The summed E-state index contributed by atoms with van der Waals surface area (Å²) in [5, 5.41) is 5.51. The van der Waals surface area contributed by atoms with Crippen molar-refractivity contribution in [1.29, 1.82) is 0 Å². The first-order chi connectivity index (χ1) is 18.8. The van der Waals surface area contributed by atoms with Gasteiger partial charge in [-0.3, -0.25) is 0 Å². The molecule has 0 N–H and O–H groups in total. The molecule has 0 amide bonds. The number of rotatable bonds is 2. The normalized spacial score (nSPS) is 11.8. The Morgan fingerprint density at radius 1 is 0.410 bits per heavy atom. The third-order valence-electron chi connectivity index (χ3n) is 8.61. The van der Waals surface area contributed by atoms with Crippen molar-refractivity contribution in [1.82, 2.24) is 0 Å². The van der Waals surface area contributed by atoms with E-state index in [2.05, 4.69) is 119 Å². The van der Waals surface area contributed by atoms with E-state index in [1.54, 1.807) is 0 Å². The van der Waals surface area contributed by atoms with E-state index in [9.17, 15) is 5.53 Å². The van der Waals surface area contributed by atoms with E-state index in [0.29, 0.717) is 5.36 Å². The maximum atomic E-state index is 10.8. The second kappa shape index (κ2) is 8.24. The van der Waals surface area contributed by atoms with Gasteiger partial charge in [-0.1, -0.05) is 83.9 Å².